The van der Waals surface area contributed by atoms with Gasteiger partial charge in [0, 0.05) is 17.3 Å². The molecular weight excluding hydrogens is 212 g/mol. The van der Waals surface area contributed by atoms with Crippen LogP contribution in [0.4, 0.5) is 5.69 Å². The summed E-state index contributed by atoms with van der Waals surface area (Å²) < 4.78 is 0. The van der Waals surface area contributed by atoms with E-state index < -0.39 is 12.0 Å². The van der Waals surface area contributed by atoms with Gasteiger partial charge in [0.15, 0.2) is 0 Å². The van der Waals surface area contributed by atoms with Crippen molar-refractivity contribution < 1.29 is 9.90 Å². The number of carboxylic acid groups (broad SMARTS) is 1. The van der Waals surface area contributed by atoms with Gasteiger partial charge in [-0.3, -0.25) is 4.79 Å². The highest BCUT2D eigenvalue weighted by Gasteiger charge is 2.12. The molecule has 2 aromatic rings. The summed E-state index contributed by atoms with van der Waals surface area (Å²) >= 11 is 1.54. The Morgan fingerprint density at radius 1 is 1.60 bits per heavy atom. The number of nitrogens with zero attached hydrogens (tertiary/aromatic N) is 1. The van der Waals surface area contributed by atoms with Gasteiger partial charge in [0.1, 0.15) is 10.9 Å². The molecule has 0 saturated heterocycles. The molecular formula is C10H10N2O2S. The van der Waals surface area contributed by atoms with E-state index in [-0.39, 0.29) is 0 Å². The molecule has 5 heteroatoms. The van der Waals surface area contributed by atoms with Crippen LogP contribution in [-0.4, -0.2) is 22.1 Å². The maximum atomic E-state index is 10.7. The number of hydrogen-bond acceptors (Lipinski definition) is 4. The minimum absolute atomic E-state index is 0.601. The van der Waals surface area contributed by atoms with E-state index in [1.54, 1.807) is 19.2 Å². The lowest BCUT2D eigenvalue weighted by Gasteiger charge is -2.11. The number of anilines is 1. The van der Waals surface area contributed by atoms with Crippen LogP contribution in [0, 0.1) is 0 Å². The summed E-state index contributed by atoms with van der Waals surface area (Å²) in [5.74, 6) is -0.866. The Morgan fingerprint density at radius 2 is 2.40 bits per heavy atom. The molecule has 78 valence electrons. The molecule has 0 aliphatic heterocycles. The zero-order valence-corrected chi connectivity index (χ0v) is 8.91. The third kappa shape index (κ3) is 1.92. The minimum atomic E-state index is -0.866. The molecule has 0 aromatic carbocycles. The third-order valence-corrected chi connectivity index (χ3v) is 2.93. The quantitative estimate of drug-likeness (QED) is 0.835. The SMILES string of the molecule is CC(Nc1ccnc2sccc12)C(=O)O. The summed E-state index contributed by atoms with van der Waals surface area (Å²) in [5.41, 5.74) is 0.816. The smallest absolute Gasteiger partial charge is 0.325 e. The Balaban J connectivity index is 2.35. The van der Waals surface area contributed by atoms with Crippen molar-refractivity contribution in [2.24, 2.45) is 0 Å². The molecule has 0 spiro atoms. The highest BCUT2D eigenvalue weighted by molar-refractivity contribution is 7.16. The maximum absolute atomic E-state index is 10.7. The summed E-state index contributed by atoms with van der Waals surface area (Å²) in [6.07, 6.45) is 1.68. The molecule has 2 aromatic heterocycles. The maximum Gasteiger partial charge on any atom is 0.325 e. The van der Waals surface area contributed by atoms with Crippen molar-refractivity contribution in [3.63, 3.8) is 0 Å². The predicted molar refractivity (Wildman–Crippen MR) is 60.3 cm³/mol. The number of nitrogens with one attached hydrogen (secondary N) is 1. The van der Waals surface area contributed by atoms with Crippen molar-refractivity contribution in [1.82, 2.24) is 4.98 Å². The monoisotopic (exact) mass is 222 g/mol. The third-order valence-electron chi connectivity index (χ3n) is 2.11. The second-order valence-electron chi connectivity index (χ2n) is 3.20. The molecule has 2 rings (SSSR count). The number of rotatable bonds is 3. The van der Waals surface area contributed by atoms with Gasteiger partial charge in [-0.25, -0.2) is 4.98 Å². The van der Waals surface area contributed by atoms with Crippen LogP contribution in [0.15, 0.2) is 23.7 Å². The van der Waals surface area contributed by atoms with E-state index in [4.69, 9.17) is 5.11 Å². The zero-order chi connectivity index (χ0) is 10.8. The summed E-state index contributed by atoms with van der Waals surface area (Å²) in [4.78, 5) is 15.8. The van der Waals surface area contributed by atoms with Gasteiger partial charge in [0.05, 0.1) is 0 Å². The van der Waals surface area contributed by atoms with Gasteiger partial charge in [-0.2, -0.15) is 0 Å². The summed E-state index contributed by atoms with van der Waals surface area (Å²) in [6, 6.07) is 3.12. The zero-order valence-electron chi connectivity index (χ0n) is 8.10. The highest BCUT2D eigenvalue weighted by Crippen LogP contribution is 2.25. The lowest BCUT2D eigenvalue weighted by molar-refractivity contribution is -0.137. The number of carboxylic acids is 1. The summed E-state index contributed by atoms with van der Waals surface area (Å²) in [6.45, 7) is 1.61. The van der Waals surface area contributed by atoms with Crippen molar-refractivity contribution in [3.8, 4) is 0 Å². The molecule has 0 saturated carbocycles. The average Bonchev–Trinajstić information content (AvgIpc) is 2.66. The fourth-order valence-electron chi connectivity index (χ4n) is 1.30. The second-order valence-corrected chi connectivity index (χ2v) is 4.10. The molecule has 0 fully saturated rings. The molecule has 15 heavy (non-hydrogen) atoms. The van der Waals surface area contributed by atoms with Crippen LogP contribution < -0.4 is 5.32 Å². The van der Waals surface area contributed by atoms with Crippen LogP contribution >= 0.6 is 11.3 Å². The summed E-state index contributed by atoms with van der Waals surface area (Å²) in [5, 5.41) is 14.6. The lowest BCUT2D eigenvalue weighted by Crippen LogP contribution is -2.25. The summed E-state index contributed by atoms with van der Waals surface area (Å²) in [7, 11) is 0. The van der Waals surface area contributed by atoms with E-state index in [9.17, 15) is 4.79 Å². The van der Waals surface area contributed by atoms with Crippen LogP contribution in [0.5, 0.6) is 0 Å². The second kappa shape index (κ2) is 3.86. The number of fused-ring (bicyclic) bond motifs is 1. The molecule has 2 heterocycles. The first-order chi connectivity index (χ1) is 7.18. The fourth-order valence-corrected chi connectivity index (χ4v) is 2.06. The Kier molecular flexibility index (Phi) is 2.55. The number of aliphatic carboxylic acids is 1. The van der Waals surface area contributed by atoms with E-state index >= 15 is 0 Å². The van der Waals surface area contributed by atoms with Crippen molar-refractivity contribution >= 4 is 33.2 Å². The van der Waals surface area contributed by atoms with E-state index in [0.29, 0.717) is 0 Å². The van der Waals surface area contributed by atoms with E-state index in [1.807, 2.05) is 11.4 Å². The van der Waals surface area contributed by atoms with Gasteiger partial charge in [-0.15, -0.1) is 11.3 Å². The number of carbonyl (C=O) groups is 1. The van der Waals surface area contributed by atoms with E-state index in [1.165, 1.54) is 11.3 Å². The van der Waals surface area contributed by atoms with Gasteiger partial charge in [0.2, 0.25) is 0 Å². The Hall–Kier alpha value is -1.62. The van der Waals surface area contributed by atoms with E-state index in [0.717, 1.165) is 15.9 Å². The van der Waals surface area contributed by atoms with Crippen molar-refractivity contribution in [2.45, 2.75) is 13.0 Å². The minimum Gasteiger partial charge on any atom is -0.480 e. The highest BCUT2D eigenvalue weighted by atomic mass is 32.1. The van der Waals surface area contributed by atoms with Crippen LogP contribution in [-0.2, 0) is 4.79 Å². The van der Waals surface area contributed by atoms with Gasteiger partial charge in [-0.05, 0) is 24.4 Å². The molecule has 0 amide bonds. The van der Waals surface area contributed by atoms with Crippen molar-refractivity contribution in [2.75, 3.05) is 5.32 Å². The lowest BCUT2D eigenvalue weighted by atomic mass is 10.2. The number of thiophene rings is 1. The molecule has 1 atom stereocenters. The van der Waals surface area contributed by atoms with Gasteiger partial charge in [-0.1, -0.05) is 0 Å². The van der Waals surface area contributed by atoms with Gasteiger partial charge < -0.3 is 10.4 Å². The Labute approximate surface area is 90.6 Å². The molecule has 0 aliphatic carbocycles. The van der Waals surface area contributed by atoms with Gasteiger partial charge >= 0.3 is 5.97 Å². The fraction of sp³-hybridized carbons (Fsp3) is 0.200. The van der Waals surface area contributed by atoms with Crippen molar-refractivity contribution in [3.05, 3.63) is 23.7 Å². The topological polar surface area (TPSA) is 62.2 Å². The Bertz CT molecular complexity index is 495. The first-order valence-corrected chi connectivity index (χ1v) is 5.38. The number of aromatic nitrogens is 1. The van der Waals surface area contributed by atoms with E-state index in [2.05, 4.69) is 10.3 Å². The molecule has 2 N–H and O–H groups in total. The predicted octanol–water partition coefficient (Wildman–Crippen LogP) is 2.18. The standard InChI is InChI=1S/C10H10N2O2S/c1-6(10(13)14)12-8-2-4-11-9-7(8)3-5-15-9/h2-6H,1H3,(H,11,12)(H,13,14). The van der Waals surface area contributed by atoms with Crippen LogP contribution in [0.1, 0.15) is 6.92 Å². The normalized spacial score (nSPS) is 12.6. The molecule has 4 nitrogen and oxygen atoms in total. The first kappa shape index (κ1) is 9.92. The van der Waals surface area contributed by atoms with Crippen LogP contribution in [0.3, 0.4) is 0 Å². The Morgan fingerprint density at radius 3 is 3.13 bits per heavy atom. The molecule has 1 unspecified atom stereocenters. The van der Waals surface area contributed by atoms with Crippen LogP contribution in [0.25, 0.3) is 10.2 Å². The molecule has 0 bridgehead atoms. The molecule has 0 aliphatic rings. The first-order valence-electron chi connectivity index (χ1n) is 4.50. The molecule has 0 radical (unpaired) electrons. The van der Waals surface area contributed by atoms with Gasteiger partial charge in [0.25, 0.3) is 0 Å². The van der Waals surface area contributed by atoms with Crippen molar-refractivity contribution in [1.29, 1.82) is 0 Å². The van der Waals surface area contributed by atoms with Crippen LogP contribution in [0.2, 0.25) is 0 Å². The average molecular weight is 222 g/mol. The number of hydrogen-bond donors (Lipinski definition) is 2. The largest absolute Gasteiger partial charge is 0.480 e. The number of pyridine rings is 1.